The molecular formula is C12H11NO2S. The van der Waals surface area contributed by atoms with Crippen LogP contribution in [-0.2, 0) is 0 Å². The van der Waals surface area contributed by atoms with Gasteiger partial charge in [0.25, 0.3) is 5.91 Å². The van der Waals surface area contributed by atoms with Crippen molar-refractivity contribution in [3.05, 3.63) is 41.3 Å². The van der Waals surface area contributed by atoms with Gasteiger partial charge in [-0.3, -0.25) is 4.79 Å². The Bertz CT molecular complexity index is 519. The van der Waals surface area contributed by atoms with E-state index in [1.165, 1.54) is 11.3 Å². The van der Waals surface area contributed by atoms with E-state index in [1.54, 1.807) is 13.2 Å². The van der Waals surface area contributed by atoms with Crippen LogP contribution in [0, 0.1) is 0 Å². The highest BCUT2D eigenvalue weighted by molar-refractivity contribution is 7.17. The zero-order valence-electron chi connectivity index (χ0n) is 8.77. The lowest BCUT2D eigenvalue weighted by molar-refractivity contribution is 0.100. The third-order valence-electron chi connectivity index (χ3n) is 2.20. The van der Waals surface area contributed by atoms with Crippen LogP contribution in [-0.4, -0.2) is 13.0 Å². The standard InChI is InChI=1S/C12H11NO2S/c1-15-9-4-2-3-8(7-9)10-5-6-11(16-10)12(13)14/h2-7H,1H3,(H2,13,14). The molecule has 3 nitrogen and oxygen atoms in total. The van der Waals surface area contributed by atoms with Gasteiger partial charge in [-0.25, -0.2) is 0 Å². The molecule has 0 aliphatic carbocycles. The Morgan fingerprint density at radius 3 is 2.75 bits per heavy atom. The van der Waals surface area contributed by atoms with Crippen LogP contribution in [0.4, 0.5) is 0 Å². The molecule has 0 atom stereocenters. The molecule has 0 bridgehead atoms. The lowest BCUT2D eigenvalue weighted by Gasteiger charge is -2.01. The number of hydrogen-bond donors (Lipinski definition) is 1. The molecule has 0 spiro atoms. The first-order valence-corrected chi connectivity index (χ1v) is 5.56. The third kappa shape index (κ3) is 2.06. The molecule has 0 radical (unpaired) electrons. The van der Waals surface area contributed by atoms with Crippen molar-refractivity contribution in [3.63, 3.8) is 0 Å². The monoisotopic (exact) mass is 233 g/mol. The molecule has 4 heteroatoms. The summed E-state index contributed by atoms with van der Waals surface area (Å²) in [5.41, 5.74) is 6.23. The topological polar surface area (TPSA) is 52.3 Å². The average molecular weight is 233 g/mol. The van der Waals surface area contributed by atoms with Gasteiger partial charge in [0.1, 0.15) is 5.75 Å². The quantitative estimate of drug-likeness (QED) is 0.885. The van der Waals surface area contributed by atoms with Gasteiger partial charge in [-0.1, -0.05) is 12.1 Å². The molecule has 0 aliphatic rings. The molecule has 1 aromatic heterocycles. The molecule has 2 N–H and O–H groups in total. The van der Waals surface area contributed by atoms with Crippen LogP contribution in [0.5, 0.6) is 5.75 Å². The Labute approximate surface area is 97.5 Å². The van der Waals surface area contributed by atoms with Gasteiger partial charge >= 0.3 is 0 Å². The molecule has 16 heavy (non-hydrogen) atoms. The Morgan fingerprint density at radius 1 is 1.31 bits per heavy atom. The highest BCUT2D eigenvalue weighted by Gasteiger charge is 2.07. The largest absolute Gasteiger partial charge is 0.497 e. The summed E-state index contributed by atoms with van der Waals surface area (Å²) in [6.45, 7) is 0. The number of amides is 1. The fraction of sp³-hybridized carbons (Fsp3) is 0.0833. The molecule has 0 unspecified atom stereocenters. The van der Waals surface area contributed by atoms with Gasteiger partial charge < -0.3 is 10.5 Å². The van der Waals surface area contributed by atoms with Gasteiger partial charge in [-0.15, -0.1) is 11.3 Å². The molecule has 0 saturated carbocycles. The number of primary amides is 1. The van der Waals surface area contributed by atoms with Crippen LogP contribution in [0.2, 0.25) is 0 Å². The van der Waals surface area contributed by atoms with E-state index in [-0.39, 0.29) is 5.91 Å². The number of hydrogen-bond acceptors (Lipinski definition) is 3. The van der Waals surface area contributed by atoms with Crippen molar-refractivity contribution >= 4 is 17.2 Å². The second-order valence-corrected chi connectivity index (χ2v) is 4.34. The Hall–Kier alpha value is -1.81. The maximum Gasteiger partial charge on any atom is 0.258 e. The Morgan fingerprint density at radius 2 is 2.12 bits per heavy atom. The second-order valence-electron chi connectivity index (χ2n) is 3.26. The SMILES string of the molecule is COc1cccc(-c2ccc(C(N)=O)s2)c1. The van der Waals surface area contributed by atoms with Gasteiger partial charge in [0.05, 0.1) is 12.0 Å². The van der Waals surface area contributed by atoms with Crippen molar-refractivity contribution in [1.82, 2.24) is 0 Å². The highest BCUT2D eigenvalue weighted by atomic mass is 32.1. The molecule has 0 fully saturated rings. The number of carbonyl (C=O) groups excluding carboxylic acids is 1. The van der Waals surface area contributed by atoms with E-state index in [0.717, 1.165) is 16.2 Å². The summed E-state index contributed by atoms with van der Waals surface area (Å²) in [6, 6.07) is 11.3. The Kier molecular flexibility index (Phi) is 2.92. The van der Waals surface area contributed by atoms with E-state index in [2.05, 4.69) is 0 Å². The van der Waals surface area contributed by atoms with E-state index < -0.39 is 0 Å². The normalized spacial score (nSPS) is 10.1. The molecule has 2 rings (SSSR count). The van der Waals surface area contributed by atoms with E-state index in [4.69, 9.17) is 10.5 Å². The lowest BCUT2D eigenvalue weighted by Crippen LogP contribution is -2.07. The van der Waals surface area contributed by atoms with Crippen molar-refractivity contribution in [2.45, 2.75) is 0 Å². The first kappa shape index (κ1) is 10.7. The molecule has 0 aliphatic heterocycles. The number of methoxy groups -OCH3 is 1. The predicted molar refractivity (Wildman–Crippen MR) is 64.8 cm³/mol. The number of carbonyl (C=O) groups is 1. The second kappa shape index (κ2) is 4.37. The van der Waals surface area contributed by atoms with Gasteiger partial charge in [0.2, 0.25) is 0 Å². The first-order chi connectivity index (χ1) is 7.70. The van der Waals surface area contributed by atoms with E-state index >= 15 is 0 Å². The summed E-state index contributed by atoms with van der Waals surface area (Å²) in [5.74, 6) is 0.408. The van der Waals surface area contributed by atoms with E-state index in [9.17, 15) is 4.79 Å². The third-order valence-corrected chi connectivity index (χ3v) is 3.35. The van der Waals surface area contributed by atoms with Gasteiger partial charge in [-0.05, 0) is 29.8 Å². The summed E-state index contributed by atoms with van der Waals surface area (Å²) < 4.78 is 5.14. The molecule has 1 heterocycles. The summed E-state index contributed by atoms with van der Waals surface area (Å²) >= 11 is 1.38. The molecule has 2 aromatic rings. The minimum absolute atomic E-state index is 0.390. The summed E-state index contributed by atoms with van der Waals surface area (Å²) in [5, 5.41) is 0. The van der Waals surface area contributed by atoms with Crippen molar-refractivity contribution in [2.75, 3.05) is 7.11 Å². The smallest absolute Gasteiger partial charge is 0.258 e. The fourth-order valence-electron chi connectivity index (χ4n) is 1.40. The van der Waals surface area contributed by atoms with Crippen LogP contribution < -0.4 is 10.5 Å². The zero-order chi connectivity index (χ0) is 11.5. The Balaban J connectivity index is 2.38. The van der Waals surface area contributed by atoms with Crippen LogP contribution >= 0.6 is 11.3 Å². The van der Waals surface area contributed by atoms with E-state index in [1.807, 2.05) is 30.3 Å². The van der Waals surface area contributed by atoms with Crippen molar-refractivity contribution in [2.24, 2.45) is 5.73 Å². The molecular weight excluding hydrogens is 222 g/mol. The molecule has 82 valence electrons. The highest BCUT2D eigenvalue weighted by Crippen LogP contribution is 2.29. The minimum atomic E-state index is -0.390. The number of benzene rings is 1. The van der Waals surface area contributed by atoms with Crippen molar-refractivity contribution in [1.29, 1.82) is 0 Å². The average Bonchev–Trinajstić information content (AvgIpc) is 2.78. The lowest BCUT2D eigenvalue weighted by atomic mass is 10.2. The van der Waals surface area contributed by atoms with Crippen molar-refractivity contribution in [3.8, 4) is 16.2 Å². The van der Waals surface area contributed by atoms with Crippen LogP contribution in [0.25, 0.3) is 10.4 Å². The number of rotatable bonds is 3. The fourth-order valence-corrected chi connectivity index (χ4v) is 2.26. The first-order valence-electron chi connectivity index (χ1n) is 4.75. The zero-order valence-corrected chi connectivity index (χ0v) is 9.58. The number of ether oxygens (including phenoxy) is 1. The molecule has 1 aromatic carbocycles. The van der Waals surface area contributed by atoms with Crippen molar-refractivity contribution < 1.29 is 9.53 Å². The van der Waals surface area contributed by atoms with Crippen LogP contribution in [0.1, 0.15) is 9.67 Å². The van der Waals surface area contributed by atoms with Crippen LogP contribution in [0.15, 0.2) is 36.4 Å². The molecule has 1 amide bonds. The maximum absolute atomic E-state index is 11.0. The van der Waals surface area contributed by atoms with Gasteiger partial charge in [-0.2, -0.15) is 0 Å². The maximum atomic E-state index is 11.0. The number of nitrogens with two attached hydrogens (primary N) is 1. The predicted octanol–water partition coefficient (Wildman–Crippen LogP) is 2.52. The number of thiophene rings is 1. The van der Waals surface area contributed by atoms with Gasteiger partial charge in [0.15, 0.2) is 0 Å². The molecule has 0 saturated heterocycles. The summed E-state index contributed by atoms with van der Waals surface area (Å²) in [4.78, 5) is 12.6. The van der Waals surface area contributed by atoms with Gasteiger partial charge in [0, 0.05) is 4.88 Å². The summed E-state index contributed by atoms with van der Waals surface area (Å²) in [6.07, 6.45) is 0. The summed E-state index contributed by atoms with van der Waals surface area (Å²) in [7, 11) is 1.63. The minimum Gasteiger partial charge on any atom is -0.497 e. The van der Waals surface area contributed by atoms with E-state index in [0.29, 0.717) is 4.88 Å². The van der Waals surface area contributed by atoms with Crippen LogP contribution in [0.3, 0.4) is 0 Å².